The minimum absolute atomic E-state index is 0.0136. The monoisotopic (exact) mass is 509 g/mol. The number of nitrogens with one attached hydrogen (secondary N) is 2. The van der Waals surface area contributed by atoms with Crippen LogP contribution in [0.4, 0.5) is 5.69 Å². The first kappa shape index (κ1) is 27.5. The van der Waals surface area contributed by atoms with Gasteiger partial charge in [-0.15, -0.1) is 6.58 Å². The number of rotatable bonds is 4. The van der Waals surface area contributed by atoms with Crippen molar-refractivity contribution in [2.24, 2.45) is 17.8 Å². The van der Waals surface area contributed by atoms with E-state index in [1.54, 1.807) is 0 Å². The van der Waals surface area contributed by atoms with Crippen molar-refractivity contribution in [3.63, 3.8) is 0 Å². The zero-order chi connectivity index (χ0) is 27.7. The van der Waals surface area contributed by atoms with E-state index in [1.807, 2.05) is 26.8 Å². The summed E-state index contributed by atoms with van der Waals surface area (Å²) in [7, 11) is 0. The summed E-state index contributed by atoms with van der Waals surface area (Å²) < 4.78 is 6.83. The summed E-state index contributed by atoms with van der Waals surface area (Å²) in [6.07, 6.45) is 2.94. The number of hydrogen-bond donors (Lipinski definition) is 2. The number of amides is 2. The summed E-state index contributed by atoms with van der Waals surface area (Å²) in [5.74, 6) is 0.928. The Morgan fingerprint density at radius 3 is 2.24 bits per heavy atom. The molecular weight excluding hydrogens is 462 g/mol. The van der Waals surface area contributed by atoms with Gasteiger partial charge in [-0.1, -0.05) is 53.7 Å². The SMILES string of the molecule is C=CC[C@H]1C2CN3c4cc(C(C)(C)C)cc(C(C)(C)C)c4OC3[C@@H]2CC1(NC(C)=O)C(=O)NC(C)(C)C. The third-order valence-corrected chi connectivity index (χ3v) is 8.34. The molecule has 2 heterocycles. The van der Waals surface area contributed by atoms with Gasteiger partial charge < -0.3 is 20.3 Å². The number of allylic oxidation sites excluding steroid dienone is 1. The second kappa shape index (κ2) is 8.78. The van der Waals surface area contributed by atoms with Crippen molar-refractivity contribution in [1.82, 2.24) is 10.6 Å². The Morgan fingerprint density at radius 2 is 1.73 bits per heavy atom. The van der Waals surface area contributed by atoms with E-state index in [0.29, 0.717) is 12.8 Å². The molecule has 1 saturated heterocycles. The molecule has 0 aromatic heterocycles. The van der Waals surface area contributed by atoms with Crippen LogP contribution in [0, 0.1) is 17.8 Å². The quantitative estimate of drug-likeness (QED) is 0.531. The smallest absolute Gasteiger partial charge is 0.246 e. The molecule has 1 aromatic carbocycles. The number of benzene rings is 1. The van der Waals surface area contributed by atoms with Crippen LogP contribution in [-0.4, -0.2) is 35.7 Å². The fourth-order valence-electron chi connectivity index (χ4n) is 6.71. The molecule has 1 aromatic rings. The van der Waals surface area contributed by atoms with Gasteiger partial charge in [0.05, 0.1) is 5.69 Å². The molecular formula is C31H47N3O3. The van der Waals surface area contributed by atoms with E-state index >= 15 is 0 Å². The number of anilines is 1. The van der Waals surface area contributed by atoms with E-state index in [4.69, 9.17) is 4.74 Å². The standard InChI is InChI=1S/C31H47N3O3/c1-12-13-22-21-17-34-24-15-19(28(3,4)5)14-23(29(6,7)8)25(24)37-26(34)20(21)16-31(22,32-18(2)35)27(36)33-30(9,10)11/h12,14-15,20-22,26H,1,13,16-17H2,2-11H3,(H,32,35)(H,33,36)/t20-,21?,22+,26?,31?/m1/s1. The highest BCUT2D eigenvalue weighted by atomic mass is 16.5. The normalized spacial score (nSPS) is 28.8. The molecule has 0 bridgehead atoms. The van der Waals surface area contributed by atoms with E-state index in [0.717, 1.165) is 12.3 Å². The predicted octanol–water partition coefficient (Wildman–Crippen LogP) is 5.44. The van der Waals surface area contributed by atoms with Gasteiger partial charge in [0.1, 0.15) is 11.3 Å². The average Bonchev–Trinajstić information content (AvgIpc) is 3.33. The van der Waals surface area contributed by atoms with Crippen LogP contribution >= 0.6 is 0 Å². The molecule has 2 fully saturated rings. The molecule has 3 unspecified atom stereocenters. The van der Waals surface area contributed by atoms with E-state index in [-0.39, 0.29) is 46.6 Å². The molecule has 6 heteroatoms. The Labute approximate surface area is 223 Å². The van der Waals surface area contributed by atoms with Crippen LogP contribution < -0.4 is 20.3 Å². The van der Waals surface area contributed by atoms with Crippen LogP contribution in [0.3, 0.4) is 0 Å². The highest BCUT2D eigenvalue weighted by molar-refractivity contribution is 5.92. The Hall–Kier alpha value is -2.50. The van der Waals surface area contributed by atoms with Crippen molar-refractivity contribution in [2.75, 3.05) is 11.4 Å². The molecule has 2 N–H and O–H groups in total. The van der Waals surface area contributed by atoms with Crippen LogP contribution in [0.15, 0.2) is 24.8 Å². The van der Waals surface area contributed by atoms with Crippen molar-refractivity contribution in [3.05, 3.63) is 35.9 Å². The van der Waals surface area contributed by atoms with Gasteiger partial charge in [0.2, 0.25) is 11.8 Å². The summed E-state index contributed by atoms with van der Waals surface area (Å²) in [4.78, 5) is 28.8. The number of nitrogens with zero attached hydrogens (tertiary/aromatic N) is 1. The Bertz CT molecular complexity index is 1100. The van der Waals surface area contributed by atoms with E-state index < -0.39 is 11.1 Å². The molecule has 2 amide bonds. The average molecular weight is 510 g/mol. The fourth-order valence-corrected chi connectivity index (χ4v) is 6.71. The van der Waals surface area contributed by atoms with Crippen LogP contribution in [0.1, 0.15) is 93.2 Å². The minimum atomic E-state index is -0.990. The Morgan fingerprint density at radius 1 is 1.08 bits per heavy atom. The lowest BCUT2D eigenvalue weighted by Crippen LogP contribution is -2.64. The van der Waals surface area contributed by atoms with Gasteiger partial charge in [-0.3, -0.25) is 9.59 Å². The summed E-state index contributed by atoms with van der Waals surface area (Å²) >= 11 is 0. The minimum Gasteiger partial charge on any atom is -0.468 e. The largest absolute Gasteiger partial charge is 0.468 e. The van der Waals surface area contributed by atoms with E-state index in [1.165, 1.54) is 23.7 Å². The molecule has 4 rings (SSSR count). The first-order valence-corrected chi connectivity index (χ1v) is 13.7. The topological polar surface area (TPSA) is 70.7 Å². The predicted molar refractivity (Wildman–Crippen MR) is 150 cm³/mol. The molecule has 204 valence electrons. The van der Waals surface area contributed by atoms with Gasteiger partial charge in [-0.05, 0) is 67.9 Å². The highest BCUT2D eigenvalue weighted by Crippen LogP contribution is 2.58. The number of hydrogen-bond acceptors (Lipinski definition) is 4. The maximum Gasteiger partial charge on any atom is 0.246 e. The Balaban J connectivity index is 1.78. The summed E-state index contributed by atoms with van der Waals surface area (Å²) in [5, 5.41) is 6.31. The van der Waals surface area contributed by atoms with Gasteiger partial charge in [0.15, 0.2) is 6.23 Å². The first-order valence-electron chi connectivity index (χ1n) is 13.7. The van der Waals surface area contributed by atoms with Crippen molar-refractivity contribution in [1.29, 1.82) is 0 Å². The van der Waals surface area contributed by atoms with Gasteiger partial charge in [-0.2, -0.15) is 0 Å². The maximum absolute atomic E-state index is 13.9. The number of fused-ring (bicyclic) bond motifs is 5. The molecule has 3 aliphatic rings. The van der Waals surface area contributed by atoms with Crippen LogP contribution in [0.2, 0.25) is 0 Å². The summed E-state index contributed by atoms with van der Waals surface area (Å²) in [6, 6.07) is 4.62. The molecule has 6 nitrogen and oxygen atoms in total. The van der Waals surface area contributed by atoms with Gasteiger partial charge in [0.25, 0.3) is 0 Å². The molecule has 1 saturated carbocycles. The lowest BCUT2D eigenvalue weighted by Gasteiger charge is -2.39. The molecule has 37 heavy (non-hydrogen) atoms. The highest BCUT2D eigenvalue weighted by Gasteiger charge is 2.65. The zero-order valence-corrected chi connectivity index (χ0v) is 24.5. The van der Waals surface area contributed by atoms with Crippen LogP contribution in [0.5, 0.6) is 5.75 Å². The van der Waals surface area contributed by atoms with Crippen molar-refractivity contribution >= 4 is 17.5 Å². The van der Waals surface area contributed by atoms with Gasteiger partial charge in [-0.25, -0.2) is 0 Å². The maximum atomic E-state index is 13.9. The lowest BCUT2D eigenvalue weighted by molar-refractivity contribution is -0.136. The number of carbonyl (C=O) groups is 2. The second-order valence-corrected chi connectivity index (χ2v) is 14.6. The van der Waals surface area contributed by atoms with Crippen LogP contribution in [-0.2, 0) is 20.4 Å². The summed E-state index contributed by atoms with van der Waals surface area (Å²) in [6.45, 7) is 25.7. The third-order valence-electron chi connectivity index (χ3n) is 8.34. The van der Waals surface area contributed by atoms with Crippen molar-refractivity contribution in [3.8, 4) is 5.75 Å². The lowest BCUT2D eigenvalue weighted by atomic mass is 9.78. The van der Waals surface area contributed by atoms with Gasteiger partial charge >= 0.3 is 0 Å². The van der Waals surface area contributed by atoms with E-state index in [2.05, 4.69) is 75.8 Å². The second-order valence-electron chi connectivity index (χ2n) is 14.6. The third kappa shape index (κ3) is 4.77. The fraction of sp³-hybridized carbons (Fsp3) is 0.677. The van der Waals surface area contributed by atoms with Gasteiger partial charge in [0, 0.05) is 30.5 Å². The summed E-state index contributed by atoms with van der Waals surface area (Å²) in [5.41, 5.74) is 2.24. The molecule has 0 radical (unpaired) electrons. The van der Waals surface area contributed by atoms with Crippen LogP contribution in [0.25, 0.3) is 0 Å². The van der Waals surface area contributed by atoms with E-state index in [9.17, 15) is 9.59 Å². The molecule has 1 aliphatic carbocycles. The Kier molecular flexibility index (Phi) is 6.53. The number of ether oxygens (including phenoxy) is 1. The number of carbonyl (C=O) groups excluding carboxylic acids is 2. The van der Waals surface area contributed by atoms with Crippen molar-refractivity contribution < 1.29 is 14.3 Å². The van der Waals surface area contributed by atoms with Crippen molar-refractivity contribution in [2.45, 2.75) is 110 Å². The zero-order valence-electron chi connectivity index (χ0n) is 24.5. The molecule has 5 atom stereocenters. The molecule has 0 spiro atoms. The molecule has 2 aliphatic heterocycles. The first-order chi connectivity index (χ1) is 16.9.